The molecular formula is C12H12N2O3S. The zero-order valence-electron chi connectivity index (χ0n) is 10.1. The molecule has 0 radical (unpaired) electrons. The van der Waals surface area contributed by atoms with Crippen LogP contribution in [0.3, 0.4) is 0 Å². The minimum Gasteiger partial charge on any atom is -0.477 e. The van der Waals surface area contributed by atoms with Crippen LogP contribution in [-0.2, 0) is 6.54 Å². The van der Waals surface area contributed by atoms with Gasteiger partial charge in [0.1, 0.15) is 15.5 Å². The van der Waals surface area contributed by atoms with Crippen LogP contribution in [-0.4, -0.2) is 20.6 Å². The van der Waals surface area contributed by atoms with E-state index in [1.165, 1.54) is 4.57 Å². The summed E-state index contributed by atoms with van der Waals surface area (Å²) in [6.45, 7) is 7.32. The molecule has 0 spiro atoms. The fraction of sp³-hybridized carbons (Fsp3) is 0.250. The highest BCUT2D eigenvalue weighted by molar-refractivity contribution is 7.20. The molecule has 0 aliphatic rings. The Morgan fingerprint density at radius 2 is 2.22 bits per heavy atom. The minimum atomic E-state index is -1.03. The molecule has 2 rings (SSSR count). The number of aromatic carboxylic acids is 1. The van der Waals surface area contributed by atoms with Crippen molar-refractivity contribution in [3.63, 3.8) is 0 Å². The van der Waals surface area contributed by atoms with Crippen LogP contribution >= 0.6 is 11.3 Å². The van der Waals surface area contributed by atoms with Gasteiger partial charge in [0.05, 0.1) is 5.39 Å². The smallest absolute Gasteiger partial charge is 0.346 e. The van der Waals surface area contributed by atoms with Crippen LogP contribution in [0.2, 0.25) is 0 Å². The predicted molar refractivity (Wildman–Crippen MR) is 70.5 cm³/mol. The van der Waals surface area contributed by atoms with E-state index in [4.69, 9.17) is 5.11 Å². The van der Waals surface area contributed by atoms with Gasteiger partial charge in [-0.2, -0.15) is 0 Å². The van der Waals surface area contributed by atoms with Crippen molar-refractivity contribution in [2.45, 2.75) is 20.4 Å². The fourth-order valence-corrected chi connectivity index (χ4v) is 2.92. The number of rotatable bonds is 3. The molecule has 0 aromatic carbocycles. The van der Waals surface area contributed by atoms with E-state index in [0.717, 1.165) is 11.3 Å². The molecule has 1 N–H and O–H groups in total. The summed E-state index contributed by atoms with van der Waals surface area (Å²) in [5.41, 5.74) is 0.275. The number of carboxylic acids is 1. The van der Waals surface area contributed by atoms with Crippen LogP contribution in [0, 0.1) is 13.8 Å². The van der Waals surface area contributed by atoms with Crippen molar-refractivity contribution in [3.8, 4) is 0 Å². The first-order chi connectivity index (χ1) is 8.47. The van der Waals surface area contributed by atoms with Gasteiger partial charge in [0.2, 0.25) is 0 Å². The number of nitrogens with zero attached hydrogens (tertiary/aromatic N) is 2. The molecule has 0 aliphatic carbocycles. The van der Waals surface area contributed by atoms with Crippen molar-refractivity contribution in [2.75, 3.05) is 0 Å². The lowest BCUT2D eigenvalue weighted by Gasteiger charge is -2.06. The highest BCUT2D eigenvalue weighted by Crippen LogP contribution is 2.27. The lowest BCUT2D eigenvalue weighted by Crippen LogP contribution is -2.23. The number of aryl methyl sites for hydroxylation is 2. The standard InChI is InChI=1S/C12H12N2O3S/c1-4-5-14-7(3)13-10-8(11(14)15)6(2)9(18-10)12(16)17/h4H,1,5H2,2-3H3,(H,16,17). The Hall–Kier alpha value is -1.95. The zero-order chi connectivity index (χ0) is 13.4. The Morgan fingerprint density at radius 1 is 1.56 bits per heavy atom. The number of aromatic nitrogens is 2. The zero-order valence-corrected chi connectivity index (χ0v) is 10.9. The number of hydrogen-bond acceptors (Lipinski definition) is 4. The minimum absolute atomic E-state index is 0.172. The van der Waals surface area contributed by atoms with Gasteiger partial charge in [-0.25, -0.2) is 9.78 Å². The largest absolute Gasteiger partial charge is 0.477 e. The lowest BCUT2D eigenvalue weighted by molar-refractivity contribution is 0.0701. The summed E-state index contributed by atoms with van der Waals surface area (Å²) in [5, 5.41) is 9.45. The second kappa shape index (κ2) is 4.38. The van der Waals surface area contributed by atoms with Crippen molar-refractivity contribution in [3.05, 3.63) is 39.3 Å². The maximum absolute atomic E-state index is 12.3. The summed E-state index contributed by atoms with van der Waals surface area (Å²) in [5.74, 6) is -0.464. The monoisotopic (exact) mass is 264 g/mol. The molecule has 0 atom stereocenters. The van der Waals surface area contributed by atoms with E-state index < -0.39 is 5.97 Å². The Balaban J connectivity index is 2.89. The highest BCUT2D eigenvalue weighted by atomic mass is 32.1. The van der Waals surface area contributed by atoms with Gasteiger partial charge >= 0.3 is 5.97 Å². The quantitative estimate of drug-likeness (QED) is 0.860. The first-order valence-corrected chi connectivity index (χ1v) is 6.13. The van der Waals surface area contributed by atoms with Crippen LogP contribution in [0.5, 0.6) is 0 Å². The summed E-state index contributed by atoms with van der Waals surface area (Å²) in [4.78, 5) is 28.3. The van der Waals surface area contributed by atoms with Gasteiger partial charge in [-0.15, -0.1) is 17.9 Å². The molecule has 0 bridgehead atoms. The van der Waals surface area contributed by atoms with Gasteiger partial charge in [0.15, 0.2) is 0 Å². The van der Waals surface area contributed by atoms with E-state index in [2.05, 4.69) is 11.6 Å². The molecule has 2 aromatic heterocycles. The van der Waals surface area contributed by atoms with Gasteiger partial charge in [0.25, 0.3) is 5.56 Å². The third-order valence-electron chi connectivity index (χ3n) is 2.75. The molecule has 0 aliphatic heterocycles. The first kappa shape index (κ1) is 12.5. The molecule has 94 valence electrons. The number of allylic oxidation sites excluding steroid dienone is 1. The second-order valence-corrected chi connectivity index (χ2v) is 4.90. The number of hydrogen-bond donors (Lipinski definition) is 1. The molecule has 0 amide bonds. The second-order valence-electron chi connectivity index (χ2n) is 3.90. The van der Waals surface area contributed by atoms with Crippen LogP contribution in [0.1, 0.15) is 21.1 Å². The molecule has 2 heterocycles. The number of thiophene rings is 1. The van der Waals surface area contributed by atoms with Crippen LogP contribution in [0.15, 0.2) is 17.4 Å². The Bertz CT molecular complexity index is 712. The topological polar surface area (TPSA) is 72.2 Å². The highest BCUT2D eigenvalue weighted by Gasteiger charge is 2.19. The lowest BCUT2D eigenvalue weighted by atomic mass is 10.2. The third-order valence-corrected chi connectivity index (χ3v) is 3.92. The maximum Gasteiger partial charge on any atom is 0.346 e. The van der Waals surface area contributed by atoms with E-state index in [-0.39, 0.29) is 10.4 Å². The summed E-state index contributed by atoms with van der Waals surface area (Å²) in [7, 11) is 0. The van der Waals surface area contributed by atoms with Gasteiger partial charge in [-0.05, 0) is 19.4 Å². The van der Waals surface area contributed by atoms with Crippen LogP contribution < -0.4 is 5.56 Å². The third kappa shape index (κ3) is 1.74. The Kier molecular flexibility index (Phi) is 3.04. The Labute approximate surface area is 107 Å². The molecule has 18 heavy (non-hydrogen) atoms. The average molecular weight is 264 g/mol. The van der Waals surface area contributed by atoms with Crippen LogP contribution in [0.4, 0.5) is 0 Å². The SMILES string of the molecule is C=CCn1c(C)nc2sc(C(=O)O)c(C)c2c1=O. The summed E-state index contributed by atoms with van der Waals surface area (Å²) in [6, 6.07) is 0. The Morgan fingerprint density at radius 3 is 2.78 bits per heavy atom. The molecule has 6 heteroatoms. The van der Waals surface area contributed by atoms with E-state index in [1.54, 1.807) is 19.9 Å². The number of carbonyl (C=O) groups is 1. The van der Waals surface area contributed by atoms with Crippen molar-refractivity contribution in [2.24, 2.45) is 0 Å². The molecule has 0 unspecified atom stereocenters. The summed E-state index contributed by atoms with van der Waals surface area (Å²) < 4.78 is 1.49. The normalized spacial score (nSPS) is 10.8. The van der Waals surface area contributed by atoms with Gasteiger partial charge in [-0.1, -0.05) is 6.08 Å². The van der Waals surface area contributed by atoms with Gasteiger partial charge < -0.3 is 5.11 Å². The van der Waals surface area contributed by atoms with Gasteiger partial charge in [0, 0.05) is 6.54 Å². The first-order valence-electron chi connectivity index (χ1n) is 5.32. The molecule has 0 fully saturated rings. The molecule has 0 saturated heterocycles. The van der Waals surface area contributed by atoms with E-state index in [1.807, 2.05) is 0 Å². The van der Waals surface area contributed by atoms with E-state index in [0.29, 0.717) is 28.1 Å². The van der Waals surface area contributed by atoms with Crippen molar-refractivity contribution >= 4 is 27.5 Å². The average Bonchev–Trinajstić information content (AvgIpc) is 2.62. The van der Waals surface area contributed by atoms with E-state index in [9.17, 15) is 9.59 Å². The van der Waals surface area contributed by atoms with Gasteiger partial charge in [-0.3, -0.25) is 9.36 Å². The molecule has 5 nitrogen and oxygen atoms in total. The number of carboxylic acid groups (broad SMARTS) is 1. The molecular weight excluding hydrogens is 252 g/mol. The summed E-state index contributed by atoms with van der Waals surface area (Å²) in [6.07, 6.45) is 1.61. The van der Waals surface area contributed by atoms with Crippen molar-refractivity contribution in [1.29, 1.82) is 0 Å². The molecule has 2 aromatic rings. The molecule has 0 saturated carbocycles. The van der Waals surface area contributed by atoms with Crippen molar-refractivity contribution in [1.82, 2.24) is 9.55 Å². The number of fused-ring (bicyclic) bond motifs is 1. The van der Waals surface area contributed by atoms with Crippen molar-refractivity contribution < 1.29 is 9.90 Å². The predicted octanol–water partition coefficient (Wildman–Crippen LogP) is 1.96. The van der Waals surface area contributed by atoms with E-state index >= 15 is 0 Å². The maximum atomic E-state index is 12.3. The fourth-order valence-electron chi connectivity index (χ4n) is 1.87. The van der Waals surface area contributed by atoms with Crippen LogP contribution in [0.25, 0.3) is 10.2 Å². The summed E-state index contributed by atoms with van der Waals surface area (Å²) >= 11 is 1.04.